The van der Waals surface area contributed by atoms with Crippen LogP contribution in [0.15, 0.2) is 54.9 Å². The Morgan fingerprint density at radius 3 is 2.67 bits per heavy atom. The second-order valence-corrected chi connectivity index (χ2v) is 5.14. The number of pyridine rings is 1. The van der Waals surface area contributed by atoms with Gasteiger partial charge in [0.25, 0.3) is 0 Å². The summed E-state index contributed by atoms with van der Waals surface area (Å²) in [6.07, 6.45) is 4.05. The highest BCUT2D eigenvalue weighted by atomic mass is 16.2. The maximum absolute atomic E-state index is 12.2. The normalized spacial score (nSPS) is 11.9. The molecule has 0 saturated heterocycles. The number of amides is 1. The van der Waals surface area contributed by atoms with E-state index >= 15 is 0 Å². The second-order valence-electron chi connectivity index (χ2n) is 5.14. The molecule has 0 bridgehead atoms. The van der Waals surface area contributed by atoms with E-state index < -0.39 is 0 Å². The van der Waals surface area contributed by atoms with E-state index in [1.807, 2.05) is 62.6 Å². The van der Waals surface area contributed by atoms with E-state index in [1.54, 1.807) is 11.1 Å². The smallest absolute Gasteiger partial charge is 0.228 e. The minimum Gasteiger partial charge on any atom is -0.315 e. The number of carbonyl (C=O) groups is 1. The van der Waals surface area contributed by atoms with E-state index in [1.165, 1.54) is 0 Å². The number of aromatic nitrogens is 1. The van der Waals surface area contributed by atoms with E-state index in [-0.39, 0.29) is 11.9 Å². The molecule has 1 heterocycles. The molecule has 0 aliphatic heterocycles. The fourth-order valence-electron chi connectivity index (χ4n) is 2.06. The summed E-state index contributed by atoms with van der Waals surface area (Å²) < 4.78 is 0. The van der Waals surface area contributed by atoms with Crippen LogP contribution < -0.4 is 10.2 Å². The van der Waals surface area contributed by atoms with Gasteiger partial charge in [0.15, 0.2) is 0 Å². The highest BCUT2D eigenvalue weighted by Crippen LogP contribution is 2.12. The van der Waals surface area contributed by atoms with E-state index in [2.05, 4.69) is 10.3 Å². The standard InChI is InChI=1S/C17H21N3O/c1-14(19-13-15-7-6-10-18-12-15)11-17(21)20(2)16-8-4-3-5-9-16/h3-10,12,14,19H,11,13H2,1-2H3. The van der Waals surface area contributed by atoms with Crippen LogP contribution in [0.2, 0.25) is 0 Å². The fraction of sp³-hybridized carbons (Fsp3) is 0.294. The molecule has 1 aromatic heterocycles. The van der Waals surface area contributed by atoms with Crippen molar-refractivity contribution in [1.29, 1.82) is 0 Å². The molecule has 0 saturated carbocycles. The summed E-state index contributed by atoms with van der Waals surface area (Å²) >= 11 is 0. The van der Waals surface area contributed by atoms with Gasteiger partial charge in [-0.2, -0.15) is 0 Å². The molecule has 1 N–H and O–H groups in total. The number of hydrogen-bond acceptors (Lipinski definition) is 3. The van der Waals surface area contributed by atoms with Crippen molar-refractivity contribution in [2.75, 3.05) is 11.9 Å². The van der Waals surface area contributed by atoms with E-state index in [0.717, 1.165) is 17.8 Å². The summed E-state index contributed by atoms with van der Waals surface area (Å²) in [5.41, 5.74) is 2.04. The third kappa shape index (κ3) is 4.68. The van der Waals surface area contributed by atoms with Crippen molar-refractivity contribution in [2.45, 2.75) is 25.9 Å². The Morgan fingerprint density at radius 1 is 1.24 bits per heavy atom. The molecule has 1 aromatic carbocycles. The molecule has 2 aromatic rings. The van der Waals surface area contributed by atoms with Gasteiger partial charge in [0, 0.05) is 44.1 Å². The van der Waals surface area contributed by atoms with Crippen LogP contribution in [-0.4, -0.2) is 24.0 Å². The van der Waals surface area contributed by atoms with Crippen molar-refractivity contribution in [3.8, 4) is 0 Å². The summed E-state index contributed by atoms with van der Waals surface area (Å²) in [4.78, 5) is 18.0. The molecule has 0 spiro atoms. The lowest BCUT2D eigenvalue weighted by Crippen LogP contribution is -2.34. The Bertz CT molecular complexity index is 557. The quantitative estimate of drug-likeness (QED) is 0.886. The first kappa shape index (κ1) is 15.2. The van der Waals surface area contributed by atoms with E-state index in [9.17, 15) is 4.79 Å². The Kier molecular flexibility index (Phi) is 5.46. The van der Waals surface area contributed by atoms with Crippen molar-refractivity contribution in [2.24, 2.45) is 0 Å². The molecule has 0 aliphatic rings. The first-order chi connectivity index (χ1) is 10.2. The zero-order chi connectivity index (χ0) is 15.1. The van der Waals surface area contributed by atoms with E-state index in [4.69, 9.17) is 0 Å². The monoisotopic (exact) mass is 283 g/mol. The predicted molar refractivity (Wildman–Crippen MR) is 85.0 cm³/mol. The maximum atomic E-state index is 12.2. The zero-order valence-electron chi connectivity index (χ0n) is 12.5. The Hall–Kier alpha value is -2.20. The van der Waals surface area contributed by atoms with Gasteiger partial charge in [-0.05, 0) is 30.7 Å². The second kappa shape index (κ2) is 7.55. The van der Waals surface area contributed by atoms with Crippen LogP contribution in [0.25, 0.3) is 0 Å². The molecular formula is C17H21N3O. The lowest BCUT2D eigenvalue weighted by molar-refractivity contribution is -0.118. The van der Waals surface area contributed by atoms with Crippen LogP contribution >= 0.6 is 0 Å². The van der Waals surface area contributed by atoms with E-state index in [0.29, 0.717) is 6.42 Å². The Labute approximate surface area is 125 Å². The average molecular weight is 283 g/mol. The van der Waals surface area contributed by atoms with Gasteiger partial charge in [0.1, 0.15) is 0 Å². The van der Waals surface area contributed by atoms with Crippen LogP contribution in [-0.2, 0) is 11.3 Å². The molecule has 1 unspecified atom stereocenters. The summed E-state index contributed by atoms with van der Waals surface area (Å²) in [5.74, 6) is 0.104. The molecule has 1 atom stereocenters. The number of nitrogens with one attached hydrogen (secondary N) is 1. The van der Waals surface area contributed by atoms with Crippen LogP contribution in [0.5, 0.6) is 0 Å². The zero-order valence-corrected chi connectivity index (χ0v) is 12.5. The number of rotatable bonds is 6. The minimum atomic E-state index is 0.104. The van der Waals surface area contributed by atoms with Crippen LogP contribution in [0.1, 0.15) is 18.9 Å². The average Bonchev–Trinajstić information content (AvgIpc) is 2.54. The third-order valence-electron chi connectivity index (χ3n) is 3.38. The molecule has 4 nitrogen and oxygen atoms in total. The highest BCUT2D eigenvalue weighted by molar-refractivity contribution is 5.93. The number of carbonyl (C=O) groups excluding carboxylic acids is 1. The van der Waals surface area contributed by atoms with Gasteiger partial charge in [-0.15, -0.1) is 0 Å². The molecule has 21 heavy (non-hydrogen) atoms. The number of para-hydroxylation sites is 1. The lowest BCUT2D eigenvalue weighted by atomic mass is 10.2. The largest absolute Gasteiger partial charge is 0.315 e. The van der Waals surface area contributed by atoms with Gasteiger partial charge >= 0.3 is 0 Å². The molecule has 110 valence electrons. The van der Waals surface area contributed by atoms with Gasteiger partial charge < -0.3 is 10.2 Å². The van der Waals surface area contributed by atoms with Crippen molar-refractivity contribution < 1.29 is 4.79 Å². The summed E-state index contributed by atoms with van der Waals surface area (Å²) in [7, 11) is 1.81. The molecule has 0 radical (unpaired) electrons. The fourth-order valence-corrected chi connectivity index (χ4v) is 2.06. The predicted octanol–water partition coefficient (Wildman–Crippen LogP) is 2.61. The summed E-state index contributed by atoms with van der Waals surface area (Å²) in [6.45, 7) is 2.74. The van der Waals surface area contributed by atoms with Crippen LogP contribution in [0.4, 0.5) is 5.69 Å². The molecule has 1 amide bonds. The number of benzene rings is 1. The SMILES string of the molecule is CC(CC(=O)N(C)c1ccccc1)NCc1cccnc1. The van der Waals surface area contributed by atoms with Gasteiger partial charge in [0.05, 0.1) is 0 Å². The van der Waals surface area contributed by atoms with Gasteiger partial charge in [-0.25, -0.2) is 0 Å². The minimum absolute atomic E-state index is 0.104. The van der Waals surface area contributed by atoms with Gasteiger partial charge in [0.2, 0.25) is 5.91 Å². The topological polar surface area (TPSA) is 45.2 Å². The summed E-state index contributed by atoms with van der Waals surface area (Å²) in [6, 6.07) is 13.7. The molecular weight excluding hydrogens is 262 g/mol. The summed E-state index contributed by atoms with van der Waals surface area (Å²) in [5, 5.41) is 3.35. The van der Waals surface area contributed by atoms with Crippen molar-refractivity contribution in [3.05, 3.63) is 60.4 Å². The van der Waals surface area contributed by atoms with Gasteiger partial charge in [-0.1, -0.05) is 24.3 Å². The Morgan fingerprint density at radius 2 is 2.00 bits per heavy atom. The Balaban J connectivity index is 1.82. The van der Waals surface area contributed by atoms with Crippen LogP contribution in [0, 0.1) is 0 Å². The lowest BCUT2D eigenvalue weighted by Gasteiger charge is -2.20. The molecule has 4 heteroatoms. The number of nitrogens with zero attached hydrogens (tertiary/aromatic N) is 2. The van der Waals surface area contributed by atoms with Crippen LogP contribution in [0.3, 0.4) is 0 Å². The number of anilines is 1. The molecule has 0 aliphatic carbocycles. The molecule has 0 fully saturated rings. The highest BCUT2D eigenvalue weighted by Gasteiger charge is 2.14. The van der Waals surface area contributed by atoms with Crippen molar-refractivity contribution in [1.82, 2.24) is 10.3 Å². The third-order valence-corrected chi connectivity index (χ3v) is 3.38. The first-order valence-corrected chi connectivity index (χ1v) is 7.10. The molecule has 2 rings (SSSR count). The maximum Gasteiger partial charge on any atom is 0.228 e. The van der Waals surface area contributed by atoms with Gasteiger partial charge in [-0.3, -0.25) is 9.78 Å². The van der Waals surface area contributed by atoms with Crippen molar-refractivity contribution in [3.63, 3.8) is 0 Å². The first-order valence-electron chi connectivity index (χ1n) is 7.10. The number of hydrogen-bond donors (Lipinski definition) is 1. The van der Waals surface area contributed by atoms with Crippen molar-refractivity contribution >= 4 is 11.6 Å².